The highest BCUT2D eigenvalue weighted by atomic mass is 79.9. The van der Waals surface area contributed by atoms with E-state index in [0.29, 0.717) is 10.9 Å². The van der Waals surface area contributed by atoms with Gasteiger partial charge in [-0.05, 0) is 30.7 Å². The number of thioether (sulfide) groups is 1. The van der Waals surface area contributed by atoms with E-state index in [1.165, 1.54) is 11.8 Å². The van der Waals surface area contributed by atoms with E-state index in [1.807, 2.05) is 31.2 Å². The largest absolute Gasteiger partial charge is 0.349 e. The van der Waals surface area contributed by atoms with Gasteiger partial charge in [-0.25, -0.2) is 9.97 Å². The lowest BCUT2D eigenvalue weighted by atomic mass is 10.1. The molecular weight excluding hydrogens is 338 g/mol. The van der Waals surface area contributed by atoms with Gasteiger partial charge in [0.25, 0.3) is 0 Å². The van der Waals surface area contributed by atoms with Crippen LogP contribution in [0.25, 0.3) is 0 Å². The molecule has 0 saturated carbocycles. The Kier molecular flexibility index (Phi) is 5.55. The summed E-state index contributed by atoms with van der Waals surface area (Å²) in [5.41, 5.74) is 1.07. The first-order valence-corrected chi connectivity index (χ1v) is 7.87. The second-order valence-corrected chi connectivity index (χ2v) is 6.02. The van der Waals surface area contributed by atoms with E-state index >= 15 is 0 Å². The molecule has 0 fully saturated rings. The summed E-state index contributed by atoms with van der Waals surface area (Å²) >= 11 is 4.72. The first-order valence-electron chi connectivity index (χ1n) is 6.10. The van der Waals surface area contributed by atoms with E-state index in [-0.39, 0.29) is 11.9 Å². The van der Waals surface area contributed by atoms with E-state index in [9.17, 15) is 4.79 Å². The molecule has 0 unspecified atom stereocenters. The predicted molar refractivity (Wildman–Crippen MR) is 83.5 cm³/mol. The highest BCUT2D eigenvalue weighted by Crippen LogP contribution is 2.17. The average Bonchev–Trinajstić information content (AvgIpc) is 2.47. The summed E-state index contributed by atoms with van der Waals surface area (Å²) in [4.78, 5) is 20.0. The molecule has 2 rings (SSSR count). The van der Waals surface area contributed by atoms with Gasteiger partial charge in [0.1, 0.15) is 0 Å². The molecule has 0 saturated heterocycles. The van der Waals surface area contributed by atoms with Crippen LogP contribution in [0.4, 0.5) is 0 Å². The van der Waals surface area contributed by atoms with Gasteiger partial charge in [-0.1, -0.05) is 39.8 Å². The van der Waals surface area contributed by atoms with Crippen LogP contribution in [0.3, 0.4) is 0 Å². The van der Waals surface area contributed by atoms with Crippen LogP contribution in [0.15, 0.2) is 52.4 Å². The Labute approximate surface area is 130 Å². The quantitative estimate of drug-likeness (QED) is 0.663. The minimum absolute atomic E-state index is 0.0205. The summed E-state index contributed by atoms with van der Waals surface area (Å²) in [6, 6.07) is 9.63. The number of benzene rings is 1. The van der Waals surface area contributed by atoms with Gasteiger partial charge in [-0.2, -0.15) is 0 Å². The monoisotopic (exact) mass is 351 g/mol. The Bertz CT molecular complexity index is 562. The van der Waals surface area contributed by atoms with E-state index in [2.05, 4.69) is 31.2 Å². The fraction of sp³-hybridized carbons (Fsp3) is 0.214. The number of hydrogen-bond acceptors (Lipinski definition) is 4. The molecule has 1 amide bonds. The predicted octanol–water partition coefficient (Wildman–Crippen LogP) is 3.21. The molecule has 4 nitrogen and oxygen atoms in total. The van der Waals surface area contributed by atoms with Crippen molar-refractivity contribution in [1.82, 2.24) is 15.3 Å². The Hall–Kier alpha value is -1.40. The maximum atomic E-state index is 11.9. The topological polar surface area (TPSA) is 54.9 Å². The molecule has 1 N–H and O–H groups in total. The van der Waals surface area contributed by atoms with Crippen LogP contribution in [0.5, 0.6) is 0 Å². The molecule has 0 spiro atoms. The second kappa shape index (κ2) is 7.40. The molecule has 0 aliphatic carbocycles. The van der Waals surface area contributed by atoms with Crippen molar-refractivity contribution in [2.24, 2.45) is 0 Å². The number of nitrogens with one attached hydrogen (secondary N) is 1. The first kappa shape index (κ1) is 15.0. The third kappa shape index (κ3) is 4.61. The molecule has 1 aromatic carbocycles. The molecule has 0 aliphatic rings. The third-order valence-corrected chi connectivity index (χ3v) is 4.03. The maximum Gasteiger partial charge on any atom is 0.230 e. The minimum Gasteiger partial charge on any atom is -0.349 e. The molecular formula is C14H14BrN3OS. The van der Waals surface area contributed by atoms with Crippen molar-refractivity contribution in [3.63, 3.8) is 0 Å². The Morgan fingerprint density at radius 2 is 1.95 bits per heavy atom. The van der Waals surface area contributed by atoms with Crippen molar-refractivity contribution in [2.45, 2.75) is 18.1 Å². The lowest BCUT2D eigenvalue weighted by Gasteiger charge is -2.14. The van der Waals surface area contributed by atoms with Crippen LogP contribution in [0.1, 0.15) is 18.5 Å². The van der Waals surface area contributed by atoms with Crippen LogP contribution in [-0.2, 0) is 4.79 Å². The summed E-state index contributed by atoms with van der Waals surface area (Å²) in [5.74, 6) is 0.281. The molecule has 104 valence electrons. The van der Waals surface area contributed by atoms with Crippen molar-refractivity contribution in [3.8, 4) is 0 Å². The summed E-state index contributed by atoms with van der Waals surface area (Å²) in [6.07, 6.45) is 3.33. The van der Waals surface area contributed by atoms with Crippen LogP contribution < -0.4 is 5.32 Å². The summed E-state index contributed by atoms with van der Waals surface area (Å²) in [6.45, 7) is 1.96. The van der Waals surface area contributed by atoms with Gasteiger partial charge >= 0.3 is 0 Å². The number of hydrogen-bond donors (Lipinski definition) is 1. The highest BCUT2D eigenvalue weighted by molar-refractivity contribution is 9.10. The van der Waals surface area contributed by atoms with Gasteiger partial charge in [-0.15, -0.1) is 0 Å². The zero-order valence-electron chi connectivity index (χ0n) is 10.9. The number of carbonyl (C=O) groups excluding carboxylic acids is 1. The average molecular weight is 352 g/mol. The fourth-order valence-corrected chi connectivity index (χ4v) is 2.49. The molecule has 2 aromatic rings. The normalized spacial score (nSPS) is 11.9. The summed E-state index contributed by atoms with van der Waals surface area (Å²) in [7, 11) is 0. The molecule has 0 aliphatic heterocycles. The van der Waals surface area contributed by atoms with Gasteiger partial charge in [0.05, 0.1) is 11.8 Å². The second-order valence-electron chi connectivity index (χ2n) is 4.16. The summed E-state index contributed by atoms with van der Waals surface area (Å²) < 4.78 is 1.02. The standard InChI is InChI=1S/C14H14BrN3OS/c1-10(11-3-5-12(15)6-4-11)18-13(19)9-20-14-16-7-2-8-17-14/h2-8,10H,9H2,1H3,(H,18,19)/t10-/m1/s1. The number of amides is 1. The SMILES string of the molecule is C[C@@H](NC(=O)CSc1ncccn1)c1ccc(Br)cc1. The Morgan fingerprint density at radius 1 is 1.30 bits per heavy atom. The Morgan fingerprint density at radius 3 is 2.60 bits per heavy atom. The third-order valence-electron chi connectivity index (χ3n) is 2.62. The minimum atomic E-state index is -0.0297. The number of rotatable bonds is 5. The fourth-order valence-electron chi connectivity index (χ4n) is 1.61. The zero-order chi connectivity index (χ0) is 14.4. The molecule has 0 radical (unpaired) electrons. The van der Waals surface area contributed by atoms with Gasteiger partial charge in [0, 0.05) is 16.9 Å². The first-order chi connectivity index (χ1) is 9.65. The molecule has 20 heavy (non-hydrogen) atoms. The zero-order valence-corrected chi connectivity index (χ0v) is 13.3. The number of nitrogens with zero attached hydrogens (tertiary/aromatic N) is 2. The van der Waals surface area contributed by atoms with E-state index in [0.717, 1.165) is 10.0 Å². The van der Waals surface area contributed by atoms with Gasteiger partial charge in [0.15, 0.2) is 5.16 Å². The van der Waals surface area contributed by atoms with Gasteiger partial charge in [0.2, 0.25) is 5.91 Å². The van der Waals surface area contributed by atoms with E-state index in [4.69, 9.17) is 0 Å². The van der Waals surface area contributed by atoms with Crippen LogP contribution in [-0.4, -0.2) is 21.6 Å². The smallest absolute Gasteiger partial charge is 0.230 e. The van der Waals surface area contributed by atoms with E-state index in [1.54, 1.807) is 18.5 Å². The van der Waals surface area contributed by atoms with Crippen molar-refractivity contribution < 1.29 is 4.79 Å². The number of halogens is 1. The molecule has 1 heterocycles. The maximum absolute atomic E-state index is 11.9. The molecule has 6 heteroatoms. The number of carbonyl (C=O) groups is 1. The Balaban J connectivity index is 1.83. The van der Waals surface area contributed by atoms with Crippen molar-refractivity contribution in [1.29, 1.82) is 0 Å². The van der Waals surface area contributed by atoms with Crippen LogP contribution in [0.2, 0.25) is 0 Å². The lowest BCUT2D eigenvalue weighted by molar-refractivity contribution is -0.119. The highest BCUT2D eigenvalue weighted by Gasteiger charge is 2.10. The van der Waals surface area contributed by atoms with Crippen LogP contribution >= 0.6 is 27.7 Å². The van der Waals surface area contributed by atoms with Gasteiger partial charge < -0.3 is 5.32 Å². The molecule has 1 atom stereocenters. The van der Waals surface area contributed by atoms with Gasteiger partial charge in [-0.3, -0.25) is 4.79 Å². The number of aromatic nitrogens is 2. The van der Waals surface area contributed by atoms with Crippen LogP contribution in [0, 0.1) is 0 Å². The van der Waals surface area contributed by atoms with Crippen molar-refractivity contribution >= 4 is 33.6 Å². The lowest BCUT2D eigenvalue weighted by Crippen LogP contribution is -2.28. The van der Waals surface area contributed by atoms with E-state index < -0.39 is 0 Å². The molecule has 1 aromatic heterocycles. The molecule has 0 bridgehead atoms. The summed E-state index contributed by atoms with van der Waals surface area (Å²) in [5, 5.41) is 3.57. The van der Waals surface area contributed by atoms with Crippen molar-refractivity contribution in [3.05, 3.63) is 52.8 Å². The van der Waals surface area contributed by atoms with Crippen molar-refractivity contribution in [2.75, 3.05) is 5.75 Å².